The lowest BCUT2D eigenvalue weighted by atomic mass is 10.1. The van der Waals surface area contributed by atoms with Gasteiger partial charge in [-0.2, -0.15) is 0 Å². The fourth-order valence-electron chi connectivity index (χ4n) is 2.67. The van der Waals surface area contributed by atoms with Crippen LogP contribution in [0.5, 0.6) is 0 Å². The zero-order chi connectivity index (χ0) is 16.4. The molecular weight excluding hydrogens is 286 g/mol. The fraction of sp³-hybridized carbons (Fsp3) is 0.474. The average Bonchev–Trinajstić information content (AvgIpc) is 3.38. The number of benzene rings is 1. The van der Waals surface area contributed by atoms with Gasteiger partial charge in [-0.1, -0.05) is 18.2 Å². The number of carbonyl (C=O) groups is 1. The topological polar surface area (TPSA) is 45.2 Å². The van der Waals surface area contributed by atoms with E-state index in [1.807, 2.05) is 30.3 Å². The highest BCUT2D eigenvalue weighted by Crippen LogP contribution is 2.40. The lowest BCUT2D eigenvalue weighted by Crippen LogP contribution is -2.36. The van der Waals surface area contributed by atoms with Crippen LogP contribution in [0.2, 0.25) is 0 Å². The Morgan fingerprint density at radius 3 is 2.78 bits per heavy atom. The molecule has 1 fully saturated rings. The van der Waals surface area contributed by atoms with Crippen molar-refractivity contribution < 1.29 is 4.79 Å². The SMILES string of the molecule is CC(C)N(C)CCNC(=O)c1cc(C2CC2)nc2ccccc12. The maximum atomic E-state index is 12.6. The maximum absolute atomic E-state index is 12.6. The summed E-state index contributed by atoms with van der Waals surface area (Å²) in [6.45, 7) is 5.81. The highest BCUT2D eigenvalue weighted by atomic mass is 16.1. The Morgan fingerprint density at radius 2 is 2.09 bits per heavy atom. The third kappa shape index (κ3) is 3.70. The molecule has 0 aliphatic heterocycles. The minimum absolute atomic E-state index is 0.00246. The first-order valence-electron chi connectivity index (χ1n) is 8.44. The van der Waals surface area contributed by atoms with Gasteiger partial charge in [0.1, 0.15) is 0 Å². The molecule has 0 atom stereocenters. The van der Waals surface area contributed by atoms with Gasteiger partial charge in [-0.05, 0) is 45.9 Å². The summed E-state index contributed by atoms with van der Waals surface area (Å²) < 4.78 is 0. The molecule has 4 nitrogen and oxygen atoms in total. The van der Waals surface area contributed by atoms with Gasteiger partial charge < -0.3 is 10.2 Å². The maximum Gasteiger partial charge on any atom is 0.252 e. The monoisotopic (exact) mass is 311 g/mol. The highest BCUT2D eigenvalue weighted by molar-refractivity contribution is 6.06. The second kappa shape index (κ2) is 6.67. The van der Waals surface area contributed by atoms with Gasteiger partial charge in [0.2, 0.25) is 0 Å². The molecule has 4 heteroatoms. The fourth-order valence-corrected chi connectivity index (χ4v) is 2.67. The lowest BCUT2D eigenvalue weighted by molar-refractivity contribution is 0.0949. The molecular formula is C19H25N3O. The van der Waals surface area contributed by atoms with Crippen molar-refractivity contribution in [2.45, 2.75) is 38.6 Å². The van der Waals surface area contributed by atoms with Crippen molar-refractivity contribution in [3.8, 4) is 0 Å². The quantitative estimate of drug-likeness (QED) is 0.891. The second-order valence-corrected chi connectivity index (χ2v) is 6.72. The standard InChI is InChI=1S/C19H25N3O/c1-13(2)22(3)11-10-20-19(23)16-12-18(14-8-9-14)21-17-7-5-4-6-15(16)17/h4-7,12-14H,8-11H2,1-3H3,(H,20,23). The summed E-state index contributed by atoms with van der Waals surface area (Å²) >= 11 is 0. The molecule has 23 heavy (non-hydrogen) atoms. The Kier molecular flexibility index (Phi) is 4.62. The van der Waals surface area contributed by atoms with Crippen LogP contribution in [0.1, 0.15) is 48.7 Å². The van der Waals surface area contributed by atoms with Gasteiger partial charge in [-0.25, -0.2) is 0 Å². The van der Waals surface area contributed by atoms with E-state index in [2.05, 4.69) is 31.1 Å². The number of hydrogen-bond acceptors (Lipinski definition) is 3. The van der Waals surface area contributed by atoms with Crippen molar-refractivity contribution in [1.82, 2.24) is 15.2 Å². The van der Waals surface area contributed by atoms with Gasteiger partial charge in [0.05, 0.1) is 11.1 Å². The molecule has 2 aromatic rings. The molecule has 1 amide bonds. The normalized spacial score (nSPS) is 14.7. The van der Waals surface area contributed by atoms with Crippen molar-refractivity contribution >= 4 is 16.8 Å². The Bertz CT molecular complexity index is 707. The van der Waals surface area contributed by atoms with Crippen LogP contribution in [0.25, 0.3) is 10.9 Å². The summed E-state index contributed by atoms with van der Waals surface area (Å²) in [6, 6.07) is 10.4. The highest BCUT2D eigenvalue weighted by Gasteiger charge is 2.26. The van der Waals surface area contributed by atoms with Gasteiger partial charge in [-0.3, -0.25) is 9.78 Å². The van der Waals surface area contributed by atoms with Gasteiger partial charge in [0, 0.05) is 36.1 Å². The number of nitrogens with one attached hydrogen (secondary N) is 1. The van der Waals surface area contributed by atoms with Crippen molar-refractivity contribution in [1.29, 1.82) is 0 Å². The third-order valence-corrected chi connectivity index (χ3v) is 4.61. The van der Waals surface area contributed by atoms with E-state index in [9.17, 15) is 4.79 Å². The van der Waals surface area contributed by atoms with Gasteiger partial charge >= 0.3 is 0 Å². The predicted octanol–water partition coefficient (Wildman–Crippen LogP) is 3.18. The molecule has 0 bridgehead atoms. The van der Waals surface area contributed by atoms with E-state index in [0.29, 0.717) is 18.5 Å². The van der Waals surface area contributed by atoms with Crippen LogP contribution in [0.3, 0.4) is 0 Å². The molecule has 3 rings (SSSR count). The first-order valence-corrected chi connectivity index (χ1v) is 8.44. The molecule has 1 heterocycles. The Morgan fingerprint density at radius 1 is 1.35 bits per heavy atom. The second-order valence-electron chi connectivity index (χ2n) is 6.72. The summed E-state index contributed by atoms with van der Waals surface area (Å²) in [4.78, 5) is 19.6. The lowest BCUT2D eigenvalue weighted by Gasteiger charge is -2.21. The smallest absolute Gasteiger partial charge is 0.252 e. The molecule has 122 valence electrons. The van der Waals surface area contributed by atoms with E-state index in [1.54, 1.807) is 0 Å². The average molecular weight is 311 g/mol. The van der Waals surface area contributed by atoms with E-state index in [-0.39, 0.29) is 5.91 Å². The molecule has 1 N–H and O–H groups in total. The summed E-state index contributed by atoms with van der Waals surface area (Å²) in [6.07, 6.45) is 2.37. The number of aromatic nitrogens is 1. The first-order chi connectivity index (χ1) is 11.1. The van der Waals surface area contributed by atoms with Crippen molar-refractivity contribution in [3.05, 3.63) is 41.6 Å². The van der Waals surface area contributed by atoms with Crippen LogP contribution >= 0.6 is 0 Å². The number of amides is 1. The number of rotatable bonds is 6. The summed E-state index contributed by atoms with van der Waals surface area (Å²) in [5.41, 5.74) is 2.74. The van der Waals surface area contributed by atoms with E-state index < -0.39 is 0 Å². The summed E-state index contributed by atoms with van der Waals surface area (Å²) in [5, 5.41) is 3.99. The molecule has 1 aliphatic rings. The molecule has 1 aromatic heterocycles. The van der Waals surface area contributed by atoms with Crippen LogP contribution < -0.4 is 5.32 Å². The molecule has 1 aromatic carbocycles. The largest absolute Gasteiger partial charge is 0.351 e. The Hall–Kier alpha value is -1.94. The van der Waals surface area contributed by atoms with Crippen LogP contribution in [-0.4, -0.2) is 42.0 Å². The van der Waals surface area contributed by atoms with Gasteiger partial charge in [-0.15, -0.1) is 0 Å². The van der Waals surface area contributed by atoms with Crippen molar-refractivity contribution in [2.24, 2.45) is 0 Å². The molecule has 0 saturated heterocycles. The van der Waals surface area contributed by atoms with E-state index in [1.165, 1.54) is 12.8 Å². The number of likely N-dealkylation sites (N-methyl/N-ethyl adjacent to an activating group) is 1. The molecule has 0 radical (unpaired) electrons. The van der Waals surface area contributed by atoms with Crippen molar-refractivity contribution in [2.75, 3.05) is 20.1 Å². The number of pyridine rings is 1. The Labute approximate surface area is 137 Å². The van der Waals surface area contributed by atoms with Crippen LogP contribution in [0, 0.1) is 0 Å². The minimum Gasteiger partial charge on any atom is -0.351 e. The summed E-state index contributed by atoms with van der Waals surface area (Å²) in [7, 11) is 2.07. The minimum atomic E-state index is 0.00246. The number of carbonyl (C=O) groups excluding carboxylic acids is 1. The number of hydrogen-bond donors (Lipinski definition) is 1. The zero-order valence-electron chi connectivity index (χ0n) is 14.2. The van der Waals surface area contributed by atoms with E-state index in [4.69, 9.17) is 4.98 Å². The van der Waals surface area contributed by atoms with Gasteiger partial charge in [0.25, 0.3) is 5.91 Å². The van der Waals surface area contributed by atoms with Crippen LogP contribution in [-0.2, 0) is 0 Å². The molecule has 0 spiro atoms. The first kappa shape index (κ1) is 15.9. The van der Waals surface area contributed by atoms with E-state index in [0.717, 1.165) is 28.7 Å². The van der Waals surface area contributed by atoms with Gasteiger partial charge in [0.15, 0.2) is 0 Å². The molecule has 1 saturated carbocycles. The van der Waals surface area contributed by atoms with E-state index >= 15 is 0 Å². The number of nitrogens with zero attached hydrogens (tertiary/aromatic N) is 2. The number of para-hydroxylation sites is 1. The number of fused-ring (bicyclic) bond motifs is 1. The predicted molar refractivity (Wildman–Crippen MR) is 93.8 cm³/mol. The third-order valence-electron chi connectivity index (χ3n) is 4.61. The molecule has 1 aliphatic carbocycles. The zero-order valence-corrected chi connectivity index (χ0v) is 14.2. The van der Waals surface area contributed by atoms with Crippen LogP contribution in [0.15, 0.2) is 30.3 Å². The summed E-state index contributed by atoms with van der Waals surface area (Å²) in [5.74, 6) is 0.542. The van der Waals surface area contributed by atoms with Crippen molar-refractivity contribution in [3.63, 3.8) is 0 Å². The van der Waals surface area contributed by atoms with Crippen LogP contribution in [0.4, 0.5) is 0 Å². The molecule has 0 unspecified atom stereocenters. The Balaban J connectivity index is 1.79.